The molecule has 1 aromatic rings. The van der Waals surface area contributed by atoms with Gasteiger partial charge in [-0.3, -0.25) is 14.4 Å². The van der Waals surface area contributed by atoms with Crippen LogP contribution in [0.1, 0.15) is 0 Å². The number of rotatable bonds is 0. The van der Waals surface area contributed by atoms with Crippen molar-refractivity contribution in [3.05, 3.63) is 78.2 Å². The minimum Gasteiger partial charge on any atom is -0.507 e. The fourth-order valence-electron chi connectivity index (χ4n) is 2.62. The summed E-state index contributed by atoms with van der Waals surface area (Å²) in [6.45, 7) is 0. The van der Waals surface area contributed by atoms with Gasteiger partial charge in [-0.2, -0.15) is 0 Å². The van der Waals surface area contributed by atoms with Crippen LogP contribution >= 0.6 is 0 Å². The zero-order chi connectivity index (χ0) is 17.8. The van der Waals surface area contributed by atoms with E-state index in [9.17, 15) is 39.9 Å². The topological polar surface area (TPSA) is 152 Å². The van der Waals surface area contributed by atoms with Crippen molar-refractivity contribution in [1.29, 1.82) is 0 Å². The molecule has 2 aliphatic carbocycles. The van der Waals surface area contributed by atoms with E-state index in [1.165, 1.54) is 0 Å². The van der Waals surface area contributed by atoms with Gasteiger partial charge in [0.05, 0.1) is 27.7 Å². The van der Waals surface area contributed by atoms with Gasteiger partial charge >= 0.3 is 0 Å². The first-order valence-corrected chi connectivity index (χ1v) is 6.66. The van der Waals surface area contributed by atoms with E-state index in [-0.39, 0.29) is 0 Å². The first-order valence-electron chi connectivity index (χ1n) is 6.66. The van der Waals surface area contributed by atoms with Crippen LogP contribution in [-0.2, 0) is 4.79 Å². The Bertz CT molecular complexity index is 1020. The molecule has 0 spiro atoms. The second kappa shape index (κ2) is 5.07. The van der Waals surface area contributed by atoms with Gasteiger partial charge in [0.15, 0.2) is 5.78 Å². The molecule has 122 valence electrons. The third-order valence-corrected chi connectivity index (χ3v) is 3.65. The van der Waals surface area contributed by atoms with E-state index in [1.807, 2.05) is 0 Å². The minimum atomic E-state index is -1.28. The van der Waals surface area contributed by atoms with Gasteiger partial charge in [-0.1, -0.05) is 0 Å². The molecule has 0 unspecified atom stereocenters. The number of carbonyl (C=O) groups excluding carboxylic acids is 1. The zero-order valence-electron chi connectivity index (χ0n) is 11.8. The highest BCUT2D eigenvalue weighted by Crippen LogP contribution is 2.21. The smallest absolute Gasteiger partial charge is 0.202 e. The summed E-state index contributed by atoms with van der Waals surface area (Å²) in [5.74, 6) is -3.49. The molecule has 24 heavy (non-hydrogen) atoms. The van der Waals surface area contributed by atoms with Crippen LogP contribution in [0.2, 0.25) is 0 Å². The maximum absolute atomic E-state index is 12.3. The number of hydrogen-bond acceptors (Lipinski definition) is 8. The number of hydrogen-bond donors (Lipinski definition) is 5. The average molecular weight is 330 g/mol. The number of aliphatic hydroxyl groups excluding tert-OH is 5. The van der Waals surface area contributed by atoms with Crippen LogP contribution in [0, 0.1) is 0 Å². The maximum atomic E-state index is 12.3. The van der Waals surface area contributed by atoms with E-state index in [1.54, 1.807) is 0 Å². The highest BCUT2D eigenvalue weighted by Gasteiger charge is 2.27. The molecule has 0 saturated carbocycles. The first-order chi connectivity index (χ1) is 11.2. The maximum Gasteiger partial charge on any atom is 0.202 e. The SMILES string of the molecule is O=C1C=C(O)C(=c2c(=O)c(=C3C(O)=CC(O)C=C3O)c2=O)C(O)=C1. The lowest BCUT2D eigenvalue weighted by Crippen LogP contribution is -2.66. The predicted octanol–water partition coefficient (Wildman–Crippen LogP) is -1.69. The summed E-state index contributed by atoms with van der Waals surface area (Å²) in [6.07, 6.45) is 2.03. The summed E-state index contributed by atoms with van der Waals surface area (Å²) >= 11 is 0. The molecular formula is C16H10O8. The van der Waals surface area contributed by atoms with Crippen molar-refractivity contribution in [3.63, 3.8) is 0 Å². The van der Waals surface area contributed by atoms with E-state index in [0.29, 0.717) is 0 Å². The van der Waals surface area contributed by atoms with E-state index in [0.717, 1.165) is 24.3 Å². The second-order valence-corrected chi connectivity index (χ2v) is 5.21. The van der Waals surface area contributed by atoms with Crippen molar-refractivity contribution >= 4 is 16.9 Å². The first kappa shape index (κ1) is 15.5. The molecule has 0 heterocycles. The van der Waals surface area contributed by atoms with Crippen LogP contribution in [0.3, 0.4) is 0 Å². The molecule has 0 fully saturated rings. The molecule has 2 aliphatic rings. The number of carbonyl (C=O) groups is 1. The Morgan fingerprint density at radius 3 is 1.46 bits per heavy atom. The van der Waals surface area contributed by atoms with E-state index < -0.39 is 67.4 Å². The van der Waals surface area contributed by atoms with Gasteiger partial charge in [0.2, 0.25) is 10.9 Å². The Kier molecular flexibility index (Phi) is 3.27. The van der Waals surface area contributed by atoms with Gasteiger partial charge < -0.3 is 25.5 Å². The van der Waals surface area contributed by atoms with Crippen LogP contribution in [0.5, 0.6) is 0 Å². The van der Waals surface area contributed by atoms with Crippen LogP contribution in [-0.4, -0.2) is 37.4 Å². The van der Waals surface area contributed by atoms with Crippen molar-refractivity contribution in [3.8, 4) is 0 Å². The van der Waals surface area contributed by atoms with Crippen LogP contribution in [0.15, 0.2) is 56.9 Å². The fourth-order valence-corrected chi connectivity index (χ4v) is 2.62. The number of ketones is 1. The molecule has 0 radical (unpaired) electrons. The molecule has 3 rings (SSSR count). The van der Waals surface area contributed by atoms with Gasteiger partial charge in [-0.15, -0.1) is 0 Å². The quantitative estimate of drug-likeness (QED) is 0.378. The molecule has 0 aliphatic heterocycles. The highest BCUT2D eigenvalue weighted by molar-refractivity contribution is 6.06. The van der Waals surface area contributed by atoms with Crippen molar-refractivity contribution in [2.75, 3.05) is 0 Å². The van der Waals surface area contributed by atoms with Gasteiger partial charge in [0.1, 0.15) is 23.0 Å². The standard InChI is InChI=1S/C16H10O8/c17-5-1-7(19)11(8(20)2-5)13-15(23)14(16(13)24)12-9(21)3-6(18)4-10(12)22/h1-5,17,19-22H. The monoisotopic (exact) mass is 330 g/mol. The van der Waals surface area contributed by atoms with E-state index in [4.69, 9.17) is 0 Å². The minimum absolute atomic E-state index is 0.446. The largest absolute Gasteiger partial charge is 0.507 e. The molecule has 1 aromatic carbocycles. The molecule has 8 heteroatoms. The summed E-state index contributed by atoms with van der Waals surface area (Å²) in [5, 5.41) is 47.2. The molecular weight excluding hydrogens is 320 g/mol. The van der Waals surface area contributed by atoms with Crippen molar-refractivity contribution in [1.82, 2.24) is 0 Å². The number of aliphatic hydroxyl groups is 5. The summed E-state index contributed by atoms with van der Waals surface area (Å²) in [4.78, 5) is 35.7. The third-order valence-electron chi connectivity index (χ3n) is 3.65. The van der Waals surface area contributed by atoms with Gasteiger partial charge in [-0.25, -0.2) is 0 Å². The summed E-state index contributed by atoms with van der Waals surface area (Å²) in [5.41, 5.74) is -2.80. The van der Waals surface area contributed by atoms with Crippen molar-refractivity contribution in [2.45, 2.75) is 6.10 Å². The van der Waals surface area contributed by atoms with E-state index in [2.05, 4.69) is 0 Å². The normalized spacial score (nSPS) is 21.4. The Labute approximate surface area is 132 Å². The Morgan fingerprint density at radius 2 is 1.04 bits per heavy atom. The second-order valence-electron chi connectivity index (χ2n) is 5.21. The lowest BCUT2D eigenvalue weighted by atomic mass is 9.94. The molecule has 0 bridgehead atoms. The van der Waals surface area contributed by atoms with E-state index >= 15 is 0 Å². The summed E-state index contributed by atoms with van der Waals surface area (Å²) in [7, 11) is 0. The lowest BCUT2D eigenvalue weighted by molar-refractivity contribution is -0.110. The third kappa shape index (κ3) is 2.09. The lowest BCUT2D eigenvalue weighted by Gasteiger charge is -2.15. The van der Waals surface area contributed by atoms with Crippen LogP contribution < -0.4 is 21.3 Å². The number of allylic oxidation sites excluding steroid dienone is 2. The van der Waals surface area contributed by atoms with Crippen LogP contribution in [0.25, 0.3) is 11.1 Å². The van der Waals surface area contributed by atoms with Crippen LogP contribution in [0.4, 0.5) is 0 Å². The Morgan fingerprint density at radius 1 is 0.667 bits per heavy atom. The predicted molar refractivity (Wildman–Crippen MR) is 81.3 cm³/mol. The highest BCUT2D eigenvalue weighted by atomic mass is 16.3. The Balaban J connectivity index is 2.39. The van der Waals surface area contributed by atoms with Gasteiger partial charge in [0.25, 0.3) is 0 Å². The van der Waals surface area contributed by atoms with Gasteiger partial charge in [0, 0.05) is 12.2 Å². The fraction of sp³-hybridized carbons (Fsp3) is 0.0625. The molecule has 0 aromatic heterocycles. The van der Waals surface area contributed by atoms with Gasteiger partial charge in [-0.05, 0) is 12.2 Å². The van der Waals surface area contributed by atoms with Crippen molar-refractivity contribution < 1.29 is 30.3 Å². The summed E-state index contributed by atoms with van der Waals surface area (Å²) < 4.78 is 0. The Hall–Kier alpha value is -3.39. The zero-order valence-corrected chi connectivity index (χ0v) is 11.8. The molecule has 0 amide bonds. The molecule has 5 N–H and O–H groups in total. The summed E-state index contributed by atoms with van der Waals surface area (Å²) in [6, 6.07) is 0. The molecule has 8 nitrogen and oxygen atoms in total. The molecule has 0 saturated heterocycles. The average Bonchev–Trinajstić information content (AvgIpc) is 2.46. The van der Waals surface area contributed by atoms with Crippen molar-refractivity contribution in [2.24, 2.45) is 0 Å². The molecule has 0 atom stereocenters.